The molecule has 2 nitrogen and oxygen atoms in total. The van der Waals surface area contributed by atoms with Gasteiger partial charge in [0, 0.05) is 15.9 Å². The maximum Gasteiger partial charge on any atom is 0.232 e. The Morgan fingerprint density at radius 2 is 1.82 bits per heavy atom. The van der Waals surface area contributed by atoms with Gasteiger partial charge in [-0.3, -0.25) is 4.79 Å². The molecule has 0 aliphatic heterocycles. The highest BCUT2D eigenvalue weighted by atomic mass is 79.9. The standard InChI is InChI=1S/C17H20Br3NO/c1-10-4-6-11(7-5-10)21-14(22)17-9-8-16(12(17)18,13(19)20)15(17,2)3/h4-7,12-13H,8-9H2,1-3H3,(H,21,22)/t12-,16-,17+/m0/s1. The number of carbonyl (C=O) groups is 1. The first kappa shape index (κ1) is 17.0. The quantitative estimate of drug-likeness (QED) is 0.544. The second-order valence-corrected chi connectivity index (χ2v) is 11.1. The minimum atomic E-state index is -0.350. The maximum absolute atomic E-state index is 13.1. The monoisotopic (exact) mass is 491 g/mol. The third-order valence-electron chi connectivity index (χ3n) is 6.20. The van der Waals surface area contributed by atoms with Crippen LogP contribution in [0.4, 0.5) is 5.69 Å². The zero-order valence-electron chi connectivity index (χ0n) is 12.9. The third kappa shape index (κ3) is 1.85. The highest BCUT2D eigenvalue weighted by molar-refractivity contribution is 9.24. The summed E-state index contributed by atoms with van der Waals surface area (Å²) in [6.45, 7) is 6.50. The summed E-state index contributed by atoms with van der Waals surface area (Å²) in [6, 6.07) is 7.99. The van der Waals surface area contributed by atoms with E-state index in [4.69, 9.17) is 0 Å². The normalized spacial score (nSPS) is 35.3. The van der Waals surface area contributed by atoms with Gasteiger partial charge in [0.1, 0.15) is 0 Å². The Morgan fingerprint density at radius 1 is 1.23 bits per heavy atom. The molecule has 1 amide bonds. The number of halogens is 3. The Hall–Kier alpha value is 0.130. The first-order valence-electron chi connectivity index (χ1n) is 7.50. The van der Waals surface area contributed by atoms with E-state index in [-0.39, 0.29) is 30.7 Å². The van der Waals surface area contributed by atoms with E-state index in [1.807, 2.05) is 31.2 Å². The second kappa shape index (κ2) is 5.32. The maximum atomic E-state index is 13.1. The van der Waals surface area contributed by atoms with Crippen molar-refractivity contribution < 1.29 is 4.79 Å². The lowest BCUT2D eigenvalue weighted by Crippen LogP contribution is -2.71. The van der Waals surface area contributed by atoms with Crippen LogP contribution in [-0.2, 0) is 4.79 Å². The summed E-state index contributed by atoms with van der Waals surface area (Å²) in [5.41, 5.74) is 1.72. The third-order valence-corrected chi connectivity index (χ3v) is 9.43. The van der Waals surface area contributed by atoms with Crippen LogP contribution in [0.1, 0.15) is 32.3 Å². The Kier molecular flexibility index (Phi) is 4.10. The van der Waals surface area contributed by atoms with Crippen molar-refractivity contribution in [2.75, 3.05) is 5.32 Å². The van der Waals surface area contributed by atoms with Crippen molar-refractivity contribution in [3.05, 3.63) is 29.8 Å². The number of anilines is 1. The summed E-state index contributed by atoms with van der Waals surface area (Å²) in [5, 5.41) is 3.13. The first-order chi connectivity index (χ1) is 10.2. The molecule has 1 aromatic rings. The van der Waals surface area contributed by atoms with E-state index in [0.717, 1.165) is 18.5 Å². The van der Waals surface area contributed by atoms with Crippen LogP contribution in [0.15, 0.2) is 24.3 Å². The molecule has 3 aliphatic rings. The number of nitrogens with one attached hydrogen (secondary N) is 1. The van der Waals surface area contributed by atoms with Crippen molar-refractivity contribution in [3.8, 4) is 0 Å². The molecule has 0 saturated heterocycles. The molecule has 0 heterocycles. The molecule has 0 spiro atoms. The molecule has 22 heavy (non-hydrogen) atoms. The molecule has 4 rings (SSSR count). The number of carbonyl (C=O) groups excluding carboxylic acids is 1. The SMILES string of the molecule is Cc1ccc(NC(=O)[C@@]23CC[C@@](C(Br)Br)([C@@H]2Br)C3(C)C)cc1. The molecule has 0 radical (unpaired) electrons. The fraction of sp³-hybridized carbons (Fsp3) is 0.588. The lowest BCUT2D eigenvalue weighted by molar-refractivity contribution is -0.155. The van der Waals surface area contributed by atoms with Crippen molar-refractivity contribution in [2.45, 2.75) is 42.2 Å². The van der Waals surface area contributed by atoms with Crippen LogP contribution in [0.3, 0.4) is 0 Å². The Labute approximate surface area is 157 Å². The Morgan fingerprint density at radius 3 is 2.27 bits per heavy atom. The van der Waals surface area contributed by atoms with Gasteiger partial charge in [-0.05, 0) is 37.3 Å². The van der Waals surface area contributed by atoms with Gasteiger partial charge in [0.25, 0.3) is 0 Å². The van der Waals surface area contributed by atoms with Gasteiger partial charge in [-0.2, -0.15) is 0 Å². The molecular formula is C17H20Br3NO. The van der Waals surface area contributed by atoms with Gasteiger partial charge in [-0.15, -0.1) is 0 Å². The van der Waals surface area contributed by atoms with Crippen LogP contribution < -0.4 is 5.32 Å². The Bertz CT molecular complexity index is 613. The molecular weight excluding hydrogens is 474 g/mol. The molecule has 3 atom stereocenters. The summed E-state index contributed by atoms with van der Waals surface area (Å²) >= 11 is 11.3. The molecule has 2 bridgehead atoms. The summed E-state index contributed by atoms with van der Waals surface area (Å²) in [4.78, 5) is 13.3. The number of alkyl halides is 3. The van der Waals surface area contributed by atoms with E-state index >= 15 is 0 Å². The van der Waals surface area contributed by atoms with Crippen molar-refractivity contribution in [1.82, 2.24) is 0 Å². The van der Waals surface area contributed by atoms with Crippen LogP contribution in [0, 0.1) is 23.2 Å². The van der Waals surface area contributed by atoms with E-state index in [2.05, 4.69) is 67.0 Å². The predicted octanol–water partition coefficient (Wildman–Crippen LogP) is 5.62. The molecule has 0 unspecified atom stereocenters. The van der Waals surface area contributed by atoms with E-state index in [9.17, 15) is 4.79 Å². The van der Waals surface area contributed by atoms with Crippen LogP contribution in [-0.4, -0.2) is 14.5 Å². The van der Waals surface area contributed by atoms with Crippen molar-refractivity contribution in [1.29, 1.82) is 0 Å². The van der Waals surface area contributed by atoms with Crippen LogP contribution >= 0.6 is 47.8 Å². The van der Waals surface area contributed by atoms with E-state index in [1.165, 1.54) is 5.56 Å². The minimum absolute atomic E-state index is 0.0671. The molecule has 3 fully saturated rings. The van der Waals surface area contributed by atoms with Crippen LogP contribution in [0.5, 0.6) is 0 Å². The number of hydrogen-bond acceptors (Lipinski definition) is 1. The molecule has 1 N–H and O–H groups in total. The molecule has 1 aromatic carbocycles. The van der Waals surface area contributed by atoms with E-state index in [1.54, 1.807) is 0 Å². The number of rotatable bonds is 3. The molecule has 3 saturated carbocycles. The fourth-order valence-electron chi connectivity index (χ4n) is 4.58. The first-order valence-corrected chi connectivity index (χ1v) is 10.3. The minimum Gasteiger partial charge on any atom is -0.326 e. The summed E-state index contributed by atoms with van der Waals surface area (Å²) in [6.07, 6.45) is 1.96. The average Bonchev–Trinajstić information content (AvgIpc) is 2.91. The van der Waals surface area contributed by atoms with Crippen LogP contribution in [0.2, 0.25) is 0 Å². The van der Waals surface area contributed by atoms with Crippen molar-refractivity contribution in [3.63, 3.8) is 0 Å². The topological polar surface area (TPSA) is 29.1 Å². The van der Waals surface area contributed by atoms with Gasteiger partial charge in [-0.25, -0.2) is 0 Å². The Balaban J connectivity index is 1.89. The summed E-state index contributed by atoms with van der Waals surface area (Å²) in [7, 11) is 0. The van der Waals surface area contributed by atoms with Gasteiger partial charge < -0.3 is 5.32 Å². The fourth-order valence-corrected chi connectivity index (χ4v) is 9.49. The number of amides is 1. The van der Waals surface area contributed by atoms with Gasteiger partial charge >= 0.3 is 0 Å². The average molecular weight is 494 g/mol. The molecule has 3 aliphatic carbocycles. The zero-order chi connectivity index (χ0) is 16.3. The highest BCUT2D eigenvalue weighted by Crippen LogP contribution is 2.82. The second-order valence-electron chi connectivity index (χ2n) is 7.12. The molecule has 5 heteroatoms. The van der Waals surface area contributed by atoms with Gasteiger partial charge in [0.15, 0.2) is 0 Å². The smallest absolute Gasteiger partial charge is 0.232 e. The predicted molar refractivity (Wildman–Crippen MR) is 102 cm³/mol. The van der Waals surface area contributed by atoms with E-state index < -0.39 is 0 Å². The summed E-state index contributed by atoms with van der Waals surface area (Å²) < 4.78 is 0.203. The largest absolute Gasteiger partial charge is 0.326 e. The van der Waals surface area contributed by atoms with Crippen molar-refractivity contribution in [2.24, 2.45) is 16.2 Å². The number of aryl methyl sites for hydroxylation is 1. The lowest BCUT2D eigenvalue weighted by Gasteiger charge is -2.66. The molecule has 120 valence electrons. The molecule has 0 aromatic heterocycles. The van der Waals surface area contributed by atoms with Gasteiger partial charge in [0.05, 0.1) is 9.15 Å². The van der Waals surface area contributed by atoms with Crippen molar-refractivity contribution >= 4 is 59.4 Å². The summed E-state index contributed by atoms with van der Waals surface area (Å²) in [5.74, 6) is 0.136. The van der Waals surface area contributed by atoms with Crippen LogP contribution in [0.25, 0.3) is 0 Å². The number of hydrogen-bond donors (Lipinski definition) is 1. The van der Waals surface area contributed by atoms with Gasteiger partial charge in [-0.1, -0.05) is 79.3 Å². The highest BCUT2D eigenvalue weighted by Gasteiger charge is 2.83. The number of fused-ring (bicyclic) bond motifs is 1. The zero-order valence-corrected chi connectivity index (χ0v) is 17.7. The van der Waals surface area contributed by atoms with Gasteiger partial charge in [0.2, 0.25) is 5.91 Å². The lowest BCUT2D eigenvalue weighted by atomic mass is 9.43. The number of benzene rings is 1. The van der Waals surface area contributed by atoms with E-state index in [0.29, 0.717) is 0 Å².